The van der Waals surface area contributed by atoms with Crippen molar-refractivity contribution in [2.45, 2.75) is 25.1 Å². The molecule has 0 aliphatic rings. The molecule has 0 N–H and O–H groups in total. The van der Waals surface area contributed by atoms with Crippen LogP contribution in [0.3, 0.4) is 0 Å². The van der Waals surface area contributed by atoms with Crippen molar-refractivity contribution < 1.29 is 49.4 Å². The fourth-order valence-corrected chi connectivity index (χ4v) is 2.11. The summed E-state index contributed by atoms with van der Waals surface area (Å²) in [5, 5.41) is 0. The lowest BCUT2D eigenvalue weighted by atomic mass is 10.1. The van der Waals surface area contributed by atoms with Crippen molar-refractivity contribution in [1.29, 1.82) is 0 Å². The number of carbonyl (C=O) groups is 1. The Balaban J connectivity index is 1.93. The average molecular weight is 466 g/mol. The molecule has 0 unspecified atom stereocenters. The number of allylic oxidation sites excluding steroid dienone is 2. The number of ether oxygens (including phenoxy) is 2. The smallest absolute Gasteiger partial charge is 0.428 e. The Morgan fingerprint density at radius 1 is 0.656 bits per heavy atom. The molecule has 0 atom stereocenters. The first-order valence-electron chi connectivity index (χ1n) is 8.69. The van der Waals surface area contributed by atoms with Crippen molar-refractivity contribution in [2.75, 3.05) is 0 Å². The van der Waals surface area contributed by atoms with E-state index in [0.29, 0.717) is 11.1 Å². The summed E-state index contributed by atoms with van der Waals surface area (Å²) in [5.41, 5.74) is 0.779. The summed E-state index contributed by atoms with van der Waals surface area (Å²) in [6.45, 7) is 0. The molecule has 0 heterocycles. The molecule has 0 bridgehead atoms. The third-order valence-electron chi connectivity index (χ3n) is 3.66. The minimum absolute atomic E-state index is 0.390. The van der Waals surface area contributed by atoms with E-state index in [4.69, 9.17) is 0 Å². The maximum Gasteiger partial charge on any atom is 0.461 e. The molecule has 0 spiro atoms. The highest BCUT2D eigenvalue weighted by molar-refractivity contribution is 6.04. The summed E-state index contributed by atoms with van der Waals surface area (Å²) in [7, 11) is 0. The summed E-state index contributed by atoms with van der Waals surface area (Å²) in [6.07, 6.45) is -12.3. The molecule has 172 valence electrons. The van der Waals surface area contributed by atoms with Gasteiger partial charge in [-0.25, -0.2) is 0 Å². The first-order chi connectivity index (χ1) is 14.9. The number of alkyl halides is 8. The maximum atomic E-state index is 12.8. The van der Waals surface area contributed by atoms with Crippen molar-refractivity contribution in [3.8, 4) is 11.5 Å². The zero-order valence-corrected chi connectivity index (χ0v) is 15.8. The summed E-state index contributed by atoms with van der Waals surface area (Å²) in [6, 6.07) is 9.15. The molecule has 2 aromatic carbocycles. The molecule has 3 nitrogen and oxygen atoms in total. The van der Waals surface area contributed by atoms with Crippen LogP contribution < -0.4 is 9.47 Å². The van der Waals surface area contributed by atoms with Gasteiger partial charge in [-0.05, 0) is 47.5 Å². The second kappa shape index (κ2) is 10.3. The summed E-state index contributed by atoms with van der Waals surface area (Å²) < 4.78 is 108. The van der Waals surface area contributed by atoms with Crippen LogP contribution in [0, 0.1) is 0 Å². The molecule has 0 aliphatic heterocycles. The summed E-state index contributed by atoms with van der Waals surface area (Å²) in [5.74, 6) is -1.48. The molecule has 0 fully saturated rings. The number of hydrogen-bond donors (Lipinski definition) is 0. The molecule has 11 heteroatoms. The second-order valence-corrected chi connectivity index (χ2v) is 6.14. The van der Waals surface area contributed by atoms with E-state index < -0.39 is 42.4 Å². The molecule has 2 rings (SSSR count). The summed E-state index contributed by atoms with van der Waals surface area (Å²) in [4.78, 5) is 11.9. The SMILES string of the molecule is O=C(/C=C/c1ccc(OC(F)(F)C(F)F)cc1)/C=C/c1ccc(OC(F)(F)C(F)F)cc1. The van der Waals surface area contributed by atoms with E-state index in [0.717, 1.165) is 36.4 Å². The molecular weight excluding hydrogens is 452 g/mol. The van der Waals surface area contributed by atoms with Gasteiger partial charge in [0.1, 0.15) is 11.5 Å². The third-order valence-corrected chi connectivity index (χ3v) is 3.66. The van der Waals surface area contributed by atoms with Crippen LogP contribution in [-0.4, -0.2) is 30.9 Å². The van der Waals surface area contributed by atoms with Crippen LogP contribution in [0.15, 0.2) is 60.7 Å². The number of hydrogen-bond acceptors (Lipinski definition) is 3. The minimum Gasteiger partial charge on any atom is -0.428 e. The Bertz CT molecular complexity index is 875. The molecule has 0 amide bonds. The highest BCUT2D eigenvalue weighted by Crippen LogP contribution is 2.28. The number of benzene rings is 2. The van der Waals surface area contributed by atoms with E-state index >= 15 is 0 Å². The van der Waals surface area contributed by atoms with Gasteiger partial charge in [0, 0.05) is 0 Å². The molecule has 0 saturated carbocycles. The highest BCUT2D eigenvalue weighted by Gasteiger charge is 2.44. The molecule has 0 saturated heterocycles. The predicted molar refractivity (Wildman–Crippen MR) is 99.1 cm³/mol. The Hall–Kier alpha value is -3.37. The fourth-order valence-electron chi connectivity index (χ4n) is 2.11. The van der Waals surface area contributed by atoms with E-state index in [-0.39, 0.29) is 0 Å². The zero-order chi connectivity index (χ0) is 23.9. The molecule has 0 radical (unpaired) electrons. The van der Waals surface area contributed by atoms with Crippen molar-refractivity contribution in [2.24, 2.45) is 0 Å². The molecule has 32 heavy (non-hydrogen) atoms. The van der Waals surface area contributed by atoms with Crippen molar-refractivity contribution in [3.05, 3.63) is 71.8 Å². The van der Waals surface area contributed by atoms with Crippen LogP contribution in [0.5, 0.6) is 11.5 Å². The molecule has 0 aromatic heterocycles. The van der Waals surface area contributed by atoms with Gasteiger partial charge in [-0.3, -0.25) is 4.79 Å². The molecule has 0 aliphatic carbocycles. The van der Waals surface area contributed by atoms with Gasteiger partial charge in [0.05, 0.1) is 0 Å². The number of rotatable bonds is 10. The molecule has 2 aromatic rings. The zero-order valence-electron chi connectivity index (χ0n) is 15.8. The van der Waals surface area contributed by atoms with Gasteiger partial charge in [0.15, 0.2) is 5.78 Å². The van der Waals surface area contributed by atoms with E-state index in [1.807, 2.05) is 0 Å². The van der Waals surface area contributed by atoms with Crippen LogP contribution in [-0.2, 0) is 4.79 Å². The minimum atomic E-state index is -4.63. The third kappa shape index (κ3) is 7.40. The largest absolute Gasteiger partial charge is 0.461 e. The van der Waals surface area contributed by atoms with Gasteiger partial charge in [-0.2, -0.15) is 35.1 Å². The van der Waals surface area contributed by atoms with E-state index in [1.165, 1.54) is 36.4 Å². The van der Waals surface area contributed by atoms with Crippen LogP contribution in [0.25, 0.3) is 12.2 Å². The number of halogens is 8. The number of carbonyl (C=O) groups excluding carboxylic acids is 1. The van der Waals surface area contributed by atoms with Crippen molar-refractivity contribution >= 4 is 17.9 Å². The Kier molecular flexibility index (Phi) is 8.01. The highest BCUT2D eigenvalue weighted by atomic mass is 19.3. The normalized spacial score (nSPS) is 12.8. The Morgan fingerprint density at radius 3 is 1.25 bits per heavy atom. The Labute approximate surface area is 176 Å². The molecular formula is C21H14F8O3. The standard InChI is InChI=1S/C21H14F8O3/c22-18(23)20(26,27)31-16-9-3-13(4-10-16)1-7-15(30)8-2-14-5-11-17(12-6-14)32-21(28,29)19(24)25/h1-12,18-19H/b7-1+,8-2+. The summed E-state index contributed by atoms with van der Waals surface area (Å²) >= 11 is 0. The van der Waals surface area contributed by atoms with Crippen LogP contribution in [0.4, 0.5) is 35.1 Å². The van der Waals surface area contributed by atoms with E-state index in [2.05, 4.69) is 9.47 Å². The number of ketones is 1. The second-order valence-electron chi connectivity index (χ2n) is 6.14. The van der Waals surface area contributed by atoms with Crippen molar-refractivity contribution in [3.63, 3.8) is 0 Å². The van der Waals surface area contributed by atoms with Gasteiger partial charge in [0.25, 0.3) is 0 Å². The van der Waals surface area contributed by atoms with Gasteiger partial charge >= 0.3 is 25.1 Å². The first kappa shape index (κ1) is 24.9. The van der Waals surface area contributed by atoms with Gasteiger partial charge < -0.3 is 9.47 Å². The Morgan fingerprint density at radius 2 is 0.969 bits per heavy atom. The van der Waals surface area contributed by atoms with Gasteiger partial charge in [-0.15, -0.1) is 0 Å². The predicted octanol–water partition coefficient (Wildman–Crippen LogP) is 6.46. The van der Waals surface area contributed by atoms with Gasteiger partial charge in [0.2, 0.25) is 0 Å². The van der Waals surface area contributed by atoms with Gasteiger partial charge in [-0.1, -0.05) is 36.4 Å². The first-order valence-corrected chi connectivity index (χ1v) is 8.69. The van der Waals surface area contributed by atoms with Crippen LogP contribution in [0.1, 0.15) is 11.1 Å². The fraction of sp³-hybridized carbons (Fsp3) is 0.190. The lowest BCUT2D eigenvalue weighted by molar-refractivity contribution is -0.253. The lowest BCUT2D eigenvalue weighted by Crippen LogP contribution is -2.33. The van der Waals surface area contributed by atoms with Crippen LogP contribution >= 0.6 is 0 Å². The van der Waals surface area contributed by atoms with E-state index in [1.54, 1.807) is 0 Å². The topological polar surface area (TPSA) is 35.5 Å². The quantitative estimate of drug-likeness (QED) is 0.298. The van der Waals surface area contributed by atoms with Crippen molar-refractivity contribution in [1.82, 2.24) is 0 Å². The lowest BCUT2D eigenvalue weighted by Gasteiger charge is -2.16. The monoisotopic (exact) mass is 466 g/mol. The average Bonchev–Trinajstić information content (AvgIpc) is 2.72. The maximum absolute atomic E-state index is 12.8. The van der Waals surface area contributed by atoms with E-state index in [9.17, 15) is 39.9 Å². The van der Waals surface area contributed by atoms with Crippen LogP contribution in [0.2, 0.25) is 0 Å².